The molecule has 12 rings (SSSR count). The average Bonchev–Trinajstić information content (AvgIpc) is 3.18. The number of carbonyl (C=O) groups is 2. The molecule has 0 bridgehead atoms. The minimum atomic E-state index is -0.823. The third kappa shape index (κ3) is 20.1. The first-order chi connectivity index (χ1) is 40.4. The molecule has 0 saturated heterocycles. The molecule has 0 atom stereocenters. The Labute approximate surface area is 606 Å². The first-order valence-electron chi connectivity index (χ1n) is 24.8. The first-order valence-corrected chi connectivity index (χ1v) is 50.8. The number of rotatable bonds is 2. The molecule has 0 amide bonds. The fourth-order valence-electron chi connectivity index (χ4n) is 9.85. The molecule has 8 aromatic rings. The zero-order chi connectivity index (χ0) is 62.0. The van der Waals surface area contributed by atoms with E-state index in [0.29, 0.717) is 75.1 Å². The number of nitrogens with zero attached hydrogens (tertiary/aromatic N) is 6. The van der Waals surface area contributed by atoms with Crippen molar-refractivity contribution in [3.8, 4) is 0 Å². The van der Waals surface area contributed by atoms with Crippen molar-refractivity contribution in [1.29, 1.82) is 0 Å². The Kier molecular flexibility index (Phi) is 30.8. The quantitative estimate of drug-likeness (QED) is 0.0542. The van der Waals surface area contributed by atoms with Crippen LogP contribution in [0.2, 0.25) is 20.1 Å². The van der Waals surface area contributed by atoms with Crippen molar-refractivity contribution in [3.05, 3.63) is 245 Å². The molecule has 4 aliphatic rings. The molecule has 0 spiro atoms. The first kappa shape index (κ1) is 75.8. The van der Waals surface area contributed by atoms with Crippen LogP contribution in [0.25, 0.3) is 0 Å². The van der Waals surface area contributed by atoms with Crippen LogP contribution in [-0.2, 0) is 64.2 Å². The second kappa shape index (κ2) is 35.4. The van der Waals surface area contributed by atoms with Crippen LogP contribution in [0, 0.1) is 20.2 Å². The monoisotopic (exact) mass is 2060 g/mol. The number of aromatic nitrogens is 4. The second-order valence-corrected chi connectivity index (χ2v) is 51.2. The van der Waals surface area contributed by atoms with Crippen molar-refractivity contribution in [1.82, 2.24) is 19.9 Å². The van der Waals surface area contributed by atoms with E-state index in [0.717, 1.165) is 84.6 Å². The van der Waals surface area contributed by atoms with Gasteiger partial charge in [-0.2, -0.15) is 0 Å². The summed E-state index contributed by atoms with van der Waals surface area (Å²) >= 11 is 43.5. The molecule has 4 radical (unpaired) electrons. The summed E-state index contributed by atoms with van der Waals surface area (Å²) in [5.41, 5.74) is 36.9. The molecule has 0 fully saturated rings. The van der Waals surface area contributed by atoms with Crippen LogP contribution in [0.1, 0.15) is 114 Å². The Morgan fingerprint density at radius 2 is 0.954 bits per heavy atom. The molecule has 4 aromatic carbocycles. The summed E-state index contributed by atoms with van der Waals surface area (Å²) in [7, 11) is 0. The van der Waals surface area contributed by atoms with Gasteiger partial charge < -0.3 is 11.5 Å². The Balaban J connectivity index is 0.000000203. The van der Waals surface area contributed by atoms with Gasteiger partial charge in [-0.1, -0.05) is 67.3 Å². The number of nitro groups is 2. The number of fused-ring (bicyclic) bond motifs is 8. The molecular formula is C58H48B2Br4Cl4I5N8O6-. The van der Waals surface area contributed by atoms with E-state index in [4.69, 9.17) is 69.3 Å². The van der Waals surface area contributed by atoms with Gasteiger partial charge in [0, 0.05) is 89.7 Å². The number of nitrogen functional groups attached to an aromatic ring is 2. The van der Waals surface area contributed by atoms with E-state index < -0.39 is 21.5 Å². The maximum absolute atomic E-state index is 12.6. The Morgan fingerprint density at radius 3 is 1.49 bits per heavy atom. The summed E-state index contributed by atoms with van der Waals surface area (Å²) in [6, 6.07) is 21.6. The predicted octanol–water partition coefficient (Wildman–Crippen LogP) is 16.1. The van der Waals surface area contributed by atoms with Crippen molar-refractivity contribution in [2.24, 2.45) is 0 Å². The molecule has 29 heteroatoms. The summed E-state index contributed by atoms with van der Waals surface area (Å²) in [6.07, 6.45) is 14.4. The molecule has 0 unspecified atom stereocenters. The van der Waals surface area contributed by atoms with Crippen molar-refractivity contribution >= 4 is 223 Å². The number of aryl methyl sites for hydroxylation is 6. The Bertz CT molecular complexity index is 3890. The van der Waals surface area contributed by atoms with Crippen LogP contribution < -0.4 is 28.5 Å². The summed E-state index contributed by atoms with van der Waals surface area (Å²) in [5.74, 6) is -0.602. The third-order valence-electron chi connectivity index (χ3n) is 13.7. The zero-order valence-corrected chi connectivity index (χ0v) is 63.8. The molecule has 4 heterocycles. The number of halogens is 13. The molecule has 4 N–H and O–H groups in total. The standard InChI is InChI=1S/2C14H8BrClN2O3.2C14H12BrClN2.2CH4.BI3.BI2/c15-9-3-8-2-1-7-4-11(16)12(18(20)21)5-10(7)14(19)13(8)17-6-9;15-8-5-7-1-2-9-10(14(19)12(7)17-6-8)3-4-11(16)13(9)18(20)21;15-10-5-9-1-3-11-8(6-13(9)18-7-10)2-4-12(16)14(11)17;15-11-3-9-2-1-8-4-12(16)13(17)5-10(8)6-14(9)18-7-11;;;1-4(2)3;1-3-2/h2*3-6H,1-2H2;2,4-5,7H,1,3,6,17H2;3-5,7H,1-2,6,17H2;2*1H4;;/q;;;;;;;-1. The molecule has 454 valence electrons. The van der Waals surface area contributed by atoms with Crippen LogP contribution in [0.15, 0.2) is 115 Å². The van der Waals surface area contributed by atoms with E-state index >= 15 is 0 Å². The molecule has 87 heavy (non-hydrogen) atoms. The molecule has 14 nitrogen and oxygen atoms in total. The minimum absolute atomic E-state index is 0. The van der Waals surface area contributed by atoms with Gasteiger partial charge in [0.1, 0.15) is 21.4 Å². The molecule has 4 aromatic heterocycles. The van der Waals surface area contributed by atoms with Crippen molar-refractivity contribution in [2.75, 3.05) is 11.5 Å². The number of anilines is 2. The Hall–Kier alpha value is -1.92. The summed E-state index contributed by atoms with van der Waals surface area (Å²) in [4.78, 5) is 63.6. The fraction of sp³-hybridized carbons (Fsp3) is 0.207. The van der Waals surface area contributed by atoms with Crippen LogP contribution in [0.5, 0.6) is 0 Å². The molecule has 0 saturated carbocycles. The van der Waals surface area contributed by atoms with Gasteiger partial charge >= 0.3 is 95.9 Å². The van der Waals surface area contributed by atoms with E-state index in [1.807, 2.05) is 42.7 Å². The number of pyridine rings is 4. The normalized spacial score (nSPS) is 12.8. The van der Waals surface area contributed by atoms with Gasteiger partial charge in [0.15, 0.2) is 0 Å². The Morgan fingerprint density at radius 1 is 0.529 bits per heavy atom. The number of hydrogen-bond donors (Lipinski definition) is 2. The molecule has 4 aliphatic carbocycles. The number of hydrogen-bond acceptors (Lipinski definition) is 12. The number of benzene rings is 4. The summed E-state index contributed by atoms with van der Waals surface area (Å²) in [5, 5.41) is 23.6. The number of nitro benzene ring substituents is 2. The number of nitrogens with two attached hydrogens (primary N) is 2. The van der Waals surface area contributed by atoms with Gasteiger partial charge in [0.25, 0.3) is 11.4 Å². The summed E-state index contributed by atoms with van der Waals surface area (Å²) in [6.45, 7) is 0. The van der Waals surface area contributed by atoms with Crippen LogP contribution >= 0.6 is 178 Å². The van der Waals surface area contributed by atoms with Gasteiger partial charge in [-0.25, -0.2) is 0 Å². The maximum atomic E-state index is 12.6. The zero-order valence-electron chi connectivity index (χ0n) is 43.7. The van der Waals surface area contributed by atoms with Crippen molar-refractivity contribution < 1.29 is 36.4 Å². The molecular weight excluding hydrogens is 2020 g/mol. The van der Waals surface area contributed by atoms with E-state index in [1.54, 1.807) is 12.4 Å². The van der Waals surface area contributed by atoms with Crippen LogP contribution in [0.4, 0.5) is 22.7 Å². The number of carbonyl (C=O) groups excluding carboxylic acids is 2. The van der Waals surface area contributed by atoms with Gasteiger partial charge in [0.2, 0.25) is 11.6 Å². The van der Waals surface area contributed by atoms with E-state index in [9.17, 15) is 29.8 Å². The van der Waals surface area contributed by atoms with Gasteiger partial charge in [-0.3, -0.25) is 49.8 Å². The van der Waals surface area contributed by atoms with Crippen molar-refractivity contribution in [2.45, 2.75) is 79.1 Å². The third-order valence-corrected chi connectivity index (χ3v) is 16.7. The van der Waals surface area contributed by atoms with Gasteiger partial charge in [-0.05, 0) is 226 Å². The van der Waals surface area contributed by atoms with E-state index in [2.05, 4.69) is 158 Å². The van der Waals surface area contributed by atoms with E-state index in [1.165, 1.54) is 57.6 Å². The fourth-order valence-corrected chi connectivity index (χ4v) is 12.2. The predicted molar refractivity (Wildman–Crippen MR) is 399 cm³/mol. The SMILES string of the molecule is C.C.Nc1c(Cl)ccc2c1CCc1cc(Br)cnc1C2.Nc1cc2c(cc1Cl)CCc1cc(Br)cnc1C2.O=C1c2cc([N+](=O)[O-])c(Cl)cc2CCc2cc(Br)cnc21.O=C1c2ccc(Cl)c([N+](=O)[O-])c2CCc2cc(Br)cnc21.[B]I(I)I.[B][I-]I. The molecule has 0 aliphatic heterocycles. The van der Waals surface area contributed by atoms with Crippen LogP contribution in [-0.4, -0.2) is 52.8 Å². The van der Waals surface area contributed by atoms with Gasteiger partial charge in [-0.15, -0.1) is 0 Å². The van der Waals surface area contributed by atoms with Crippen molar-refractivity contribution in [3.63, 3.8) is 0 Å². The van der Waals surface area contributed by atoms with Crippen LogP contribution in [0.3, 0.4) is 0 Å². The topological polar surface area (TPSA) is 224 Å². The average molecular weight is 2070 g/mol. The summed E-state index contributed by atoms with van der Waals surface area (Å²) < 4.78 is 3.62. The number of ketones is 2. The van der Waals surface area contributed by atoms with Gasteiger partial charge in [0.05, 0.1) is 31.3 Å². The second-order valence-electron chi connectivity index (χ2n) is 18.8. The van der Waals surface area contributed by atoms with E-state index in [-0.39, 0.29) is 64.9 Å².